The minimum absolute atomic E-state index is 0.0648. The van der Waals surface area contributed by atoms with Gasteiger partial charge in [0.1, 0.15) is 0 Å². The third-order valence-corrected chi connectivity index (χ3v) is 1.37. The topological polar surface area (TPSA) is 86.6 Å². The molecule has 0 heterocycles. The lowest BCUT2D eigenvalue weighted by Crippen LogP contribution is -2.23. The second kappa shape index (κ2) is 3.78. The van der Waals surface area contributed by atoms with Crippen LogP contribution in [0, 0.1) is 0 Å². The van der Waals surface area contributed by atoms with E-state index >= 15 is 0 Å². The molecule has 5 nitrogen and oxygen atoms in total. The number of nitrogens with one attached hydrogen (secondary N) is 1. The Kier molecular flexibility index (Phi) is 3.71. The van der Waals surface area contributed by atoms with Gasteiger partial charge in [-0.3, -0.25) is 9.87 Å². The van der Waals surface area contributed by atoms with Crippen LogP contribution in [0.4, 0.5) is 0 Å². The highest BCUT2D eigenvalue weighted by Crippen LogP contribution is 1.76. The molecule has 9 heavy (non-hydrogen) atoms. The molecule has 0 saturated heterocycles. The normalized spacial score (nSPS) is 11.8. The molecule has 0 aliphatic heterocycles. The summed E-state index contributed by atoms with van der Waals surface area (Å²) in [5.41, 5.74) is 0. The molecule has 56 valence electrons. The minimum atomic E-state index is -3.87. The van der Waals surface area contributed by atoms with E-state index in [1.165, 1.54) is 0 Å². The second-order valence-corrected chi connectivity index (χ2v) is 3.02. The quantitative estimate of drug-likeness (QED) is 0.259. The van der Waals surface area contributed by atoms with Crippen molar-refractivity contribution >= 4 is 10.1 Å². The van der Waals surface area contributed by atoms with Crippen molar-refractivity contribution in [2.24, 2.45) is 0 Å². The molecular weight excluding hydrogens is 146 g/mol. The van der Waals surface area contributed by atoms with Crippen LogP contribution in [0.5, 0.6) is 0 Å². The highest BCUT2D eigenvalue weighted by atomic mass is 32.2. The number of aliphatic hydroxyl groups excluding tert-OH is 1. The minimum Gasteiger partial charge on any atom is -0.381 e. The van der Waals surface area contributed by atoms with Crippen molar-refractivity contribution in [3.05, 3.63) is 0 Å². The van der Waals surface area contributed by atoms with Crippen LogP contribution < -0.4 is 5.32 Å². The molecular formula is C3H9NO4S. The largest absolute Gasteiger partial charge is 0.381 e. The van der Waals surface area contributed by atoms with E-state index in [9.17, 15) is 8.42 Å². The van der Waals surface area contributed by atoms with Crippen molar-refractivity contribution < 1.29 is 18.1 Å². The molecule has 0 aliphatic carbocycles. The van der Waals surface area contributed by atoms with Crippen molar-refractivity contribution in [3.8, 4) is 0 Å². The molecule has 3 N–H and O–H groups in total. The van der Waals surface area contributed by atoms with Gasteiger partial charge in [-0.25, -0.2) is 0 Å². The Labute approximate surface area is 53.4 Å². The fourth-order valence-corrected chi connectivity index (χ4v) is 0.682. The Morgan fingerprint density at radius 3 is 2.33 bits per heavy atom. The van der Waals surface area contributed by atoms with Crippen molar-refractivity contribution in [1.29, 1.82) is 0 Å². The van der Waals surface area contributed by atoms with Crippen LogP contribution in [-0.2, 0) is 10.1 Å². The molecule has 0 saturated carbocycles. The summed E-state index contributed by atoms with van der Waals surface area (Å²) in [5, 5.41) is 10.4. The van der Waals surface area contributed by atoms with Crippen LogP contribution in [0.2, 0.25) is 0 Å². The monoisotopic (exact) mass is 155 g/mol. The smallest absolute Gasteiger partial charge is 0.266 e. The Morgan fingerprint density at radius 1 is 1.44 bits per heavy atom. The van der Waals surface area contributed by atoms with Gasteiger partial charge in [0.2, 0.25) is 0 Å². The van der Waals surface area contributed by atoms with E-state index in [1.807, 2.05) is 0 Å². The SMILES string of the molecule is O=S(=O)(O)CCNCO. The summed E-state index contributed by atoms with van der Waals surface area (Å²) in [7, 11) is -3.87. The molecule has 0 bridgehead atoms. The third-order valence-electron chi connectivity index (χ3n) is 0.649. The first-order chi connectivity index (χ1) is 4.06. The zero-order valence-corrected chi connectivity index (χ0v) is 5.56. The maximum absolute atomic E-state index is 9.94. The van der Waals surface area contributed by atoms with E-state index < -0.39 is 10.1 Å². The highest BCUT2D eigenvalue weighted by Gasteiger charge is 2.01. The summed E-state index contributed by atoms with van der Waals surface area (Å²) >= 11 is 0. The lowest BCUT2D eigenvalue weighted by atomic mass is 10.8. The summed E-state index contributed by atoms with van der Waals surface area (Å²) in [6, 6.07) is 0. The van der Waals surface area contributed by atoms with Gasteiger partial charge in [-0.1, -0.05) is 0 Å². The molecule has 0 aromatic heterocycles. The molecule has 0 aromatic carbocycles. The van der Waals surface area contributed by atoms with Gasteiger partial charge in [0.25, 0.3) is 10.1 Å². The summed E-state index contributed by atoms with van der Waals surface area (Å²) in [5.74, 6) is -0.367. The van der Waals surface area contributed by atoms with E-state index in [4.69, 9.17) is 9.66 Å². The third kappa shape index (κ3) is 7.83. The number of rotatable bonds is 4. The Hall–Kier alpha value is -0.170. The van der Waals surface area contributed by atoms with Crippen molar-refractivity contribution in [3.63, 3.8) is 0 Å². The van der Waals surface area contributed by atoms with Gasteiger partial charge < -0.3 is 5.11 Å². The van der Waals surface area contributed by atoms with Gasteiger partial charge in [-0.15, -0.1) is 0 Å². The molecule has 0 rings (SSSR count). The molecule has 0 unspecified atom stereocenters. The van der Waals surface area contributed by atoms with Crippen LogP contribution in [0.15, 0.2) is 0 Å². The molecule has 0 aromatic rings. The zero-order valence-electron chi connectivity index (χ0n) is 4.74. The summed E-state index contributed by atoms with van der Waals surface area (Å²) in [6.07, 6.45) is 0. The fourth-order valence-electron chi connectivity index (χ4n) is 0.280. The Balaban J connectivity index is 3.30. The van der Waals surface area contributed by atoms with E-state index in [0.29, 0.717) is 0 Å². The Bertz CT molecular complexity index is 151. The molecule has 6 heteroatoms. The summed E-state index contributed by atoms with van der Waals surface area (Å²) in [6.45, 7) is -0.217. The molecule has 0 amide bonds. The fraction of sp³-hybridized carbons (Fsp3) is 1.00. The molecule has 0 atom stereocenters. The first-order valence-electron chi connectivity index (χ1n) is 2.33. The maximum Gasteiger partial charge on any atom is 0.266 e. The van der Waals surface area contributed by atoms with Crippen LogP contribution in [0.1, 0.15) is 0 Å². The van der Waals surface area contributed by atoms with Crippen molar-refractivity contribution in [2.75, 3.05) is 19.0 Å². The zero-order chi connectivity index (χ0) is 7.33. The van der Waals surface area contributed by atoms with Gasteiger partial charge in [0, 0.05) is 6.54 Å². The molecule has 0 fully saturated rings. The van der Waals surface area contributed by atoms with Gasteiger partial charge in [-0.05, 0) is 0 Å². The van der Waals surface area contributed by atoms with Crippen molar-refractivity contribution in [2.45, 2.75) is 0 Å². The van der Waals surface area contributed by atoms with Gasteiger partial charge in [0.15, 0.2) is 0 Å². The summed E-state index contributed by atoms with van der Waals surface area (Å²) < 4.78 is 28.0. The number of aliphatic hydroxyl groups is 1. The first-order valence-corrected chi connectivity index (χ1v) is 3.94. The van der Waals surface area contributed by atoms with Gasteiger partial charge in [0.05, 0.1) is 12.5 Å². The lowest BCUT2D eigenvalue weighted by Gasteiger charge is -1.95. The predicted octanol–water partition coefficient (Wildman–Crippen LogP) is -1.59. The average Bonchev–Trinajstić information content (AvgIpc) is 1.63. The predicted molar refractivity (Wildman–Crippen MR) is 31.5 cm³/mol. The molecule has 0 radical (unpaired) electrons. The Morgan fingerprint density at radius 2 is 2.00 bits per heavy atom. The van der Waals surface area contributed by atoms with E-state index in [2.05, 4.69) is 5.32 Å². The van der Waals surface area contributed by atoms with Crippen molar-refractivity contribution in [1.82, 2.24) is 5.32 Å². The standard InChI is InChI=1S/C3H9NO4S/c5-3-4-1-2-9(6,7)8/h4-5H,1-3H2,(H,6,7,8). The van der Waals surface area contributed by atoms with E-state index in [0.717, 1.165) is 0 Å². The molecule has 0 spiro atoms. The average molecular weight is 155 g/mol. The second-order valence-electron chi connectivity index (χ2n) is 1.44. The van der Waals surface area contributed by atoms with Crippen LogP contribution in [0.3, 0.4) is 0 Å². The van der Waals surface area contributed by atoms with Gasteiger partial charge in [-0.2, -0.15) is 8.42 Å². The maximum atomic E-state index is 9.94. The van der Waals surface area contributed by atoms with E-state index in [-0.39, 0.29) is 19.0 Å². The number of hydrogen-bond donors (Lipinski definition) is 3. The first kappa shape index (κ1) is 8.83. The lowest BCUT2D eigenvalue weighted by molar-refractivity contribution is 0.264. The van der Waals surface area contributed by atoms with E-state index in [1.54, 1.807) is 0 Å². The van der Waals surface area contributed by atoms with Gasteiger partial charge >= 0.3 is 0 Å². The van der Waals surface area contributed by atoms with Crippen LogP contribution in [-0.4, -0.2) is 37.1 Å². The molecule has 0 aliphatic rings. The number of hydrogen-bond acceptors (Lipinski definition) is 4. The summed E-state index contributed by atoms with van der Waals surface area (Å²) in [4.78, 5) is 0. The highest BCUT2D eigenvalue weighted by molar-refractivity contribution is 7.85. The van der Waals surface area contributed by atoms with Crippen LogP contribution >= 0.6 is 0 Å². The van der Waals surface area contributed by atoms with Crippen LogP contribution in [0.25, 0.3) is 0 Å².